The summed E-state index contributed by atoms with van der Waals surface area (Å²) in [5.41, 5.74) is 0.385. The van der Waals surface area contributed by atoms with Crippen LogP contribution in [0.1, 0.15) is 5.56 Å². The van der Waals surface area contributed by atoms with Crippen molar-refractivity contribution in [3.63, 3.8) is 0 Å². The number of benzene rings is 2. The third-order valence-electron chi connectivity index (χ3n) is 3.92. The Morgan fingerprint density at radius 2 is 1.85 bits per heavy atom. The number of H-pyrrole nitrogens is 1. The predicted octanol–water partition coefficient (Wildman–Crippen LogP) is 3.22. The molecule has 0 aliphatic carbocycles. The Hall–Kier alpha value is -3.45. The molecule has 0 aliphatic heterocycles. The molecule has 0 aliphatic rings. The fourth-order valence-corrected chi connectivity index (χ4v) is 2.95. The zero-order valence-corrected chi connectivity index (χ0v) is 14.1. The van der Waals surface area contributed by atoms with Crippen LogP contribution in [0.4, 0.5) is 5.95 Å². The van der Waals surface area contributed by atoms with E-state index in [9.17, 15) is 9.90 Å². The minimum Gasteiger partial charge on any atom is -0.494 e. The Bertz CT molecular complexity index is 1180. The molecule has 2 N–H and O–H groups in total. The SMILES string of the molecule is O=c1c2ccccc2c(/C=N/c2ncn[nH]2)c(O)n1-c1ccccc1Cl. The number of aromatic nitrogens is 4. The Morgan fingerprint density at radius 1 is 1.12 bits per heavy atom. The number of nitrogens with one attached hydrogen (secondary N) is 1. The van der Waals surface area contributed by atoms with Crippen LogP contribution in [-0.2, 0) is 0 Å². The molecule has 26 heavy (non-hydrogen) atoms. The van der Waals surface area contributed by atoms with Gasteiger partial charge >= 0.3 is 0 Å². The third-order valence-corrected chi connectivity index (χ3v) is 4.23. The molecule has 0 unspecified atom stereocenters. The number of aromatic hydroxyl groups is 1. The number of aliphatic imine (C=N–C) groups is 1. The van der Waals surface area contributed by atoms with E-state index in [-0.39, 0.29) is 17.4 Å². The number of fused-ring (bicyclic) bond motifs is 1. The summed E-state index contributed by atoms with van der Waals surface area (Å²) in [5.74, 6) is 0.0223. The van der Waals surface area contributed by atoms with E-state index >= 15 is 0 Å². The van der Waals surface area contributed by atoms with Crippen LogP contribution in [0.2, 0.25) is 5.02 Å². The topological polar surface area (TPSA) is 96.2 Å². The lowest BCUT2D eigenvalue weighted by molar-refractivity contribution is 0.436. The molecule has 0 bridgehead atoms. The summed E-state index contributed by atoms with van der Waals surface area (Å²) in [7, 11) is 0. The number of hydrogen-bond donors (Lipinski definition) is 2. The van der Waals surface area contributed by atoms with Crippen LogP contribution >= 0.6 is 11.6 Å². The Morgan fingerprint density at radius 3 is 2.58 bits per heavy atom. The molecule has 0 atom stereocenters. The summed E-state index contributed by atoms with van der Waals surface area (Å²) in [5, 5.41) is 18.5. The van der Waals surface area contributed by atoms with Crippen LogP contribution in [0.25, 0.3) is 16.5 Å². The van der Waals surface area contributed by atoms with E-state index in [1.54, 1.807) is 48.5 Å². The molecule has 4 rings (SSSR count). The smallest absolute Gasteiger partial charge is 0.265 e. The van der Waals surface area contributed by atoms with E-state index in [0.717, 1.165) is 0 Å². The summed E-state index contributed by atoms with van der Waals surface area (Å²) >= 11 is 6.24. The number of nitrogens with zero attached hydrogens (tertiary/aromatic N) is 4. The number of para-hydroxylation sites is 1. The molecule has 0 amide bonds. The molecular weight excluding hydrogens is 354 g/mol. The van der Waals surface area contributed by atoms with Crippen molar-refractivity contribution in [3.8, 4) is 11.6 Å². The monoisotopic (exact) mass is 365 g/mol. The zero-order valence-electron chi connectivity index (χ0n) is 13.3. The number of aromatic amines is 1. The van der Waals surface area contributed by atoms with E-state index in [1.807, 2.05) is 0 Å². The number of halogens is 1. The first kappa shape index (κ1) is 16.0. The molecule has 0 saturated heterocycles. The largest absolute Gasteiger partial charge is 0.494 e. The second kappa shape index (κ2) is 6.45. The number of hydrogen-bond acceptors (Lipinski definition) is 5. The van der Waals surface area contributed by atoms with E-state index < -0.39 is 0 Å². The van der Waals surface area contributed by atoms with Gasteiger partial charge in [0, 0.05) is 17.0 Å². The molecule has 128 valence electrons. The van der Waals surface area contributed by atoms with Gasteiger partial charge in [0.05, 0.1) is 16.3 Å². The van der Waals surface area contributed by atoms with Crippen LogP contribution in [-0.4, -0.2) is 31.1 Å². The van der Waals surface area contributed by atoms with Crippen molar-refractivity contribution < 1.29 is 5.11 Å². The summed E-state index contributed by atoms with van der Waals surface area (Å²) in [6, 6.07) is 13.8. The second-order valence-electron chi connectivity index (χ2n) is 5.44. The van der Waals surface area contributed by atoms with Crippen molar-refractivity contribution in [3.05, 3.63) is 75.8 Å². The average molecular weight is 366 g/mol. The van der Waals surface area contributed by atoms with Crippen molar-refractivity contribution in [2.75, 3.05) is 0 Å². The molecular formula is C18H12ClN5O2. The predicted molar refractivity (Wildman–Crippen MR) is 99.9 cm³/mol. The van der Waals surface area contributed by atoms with E-state index in [2.05, 4.69) is 20.2 Å². The van der Waals surface area contributed by atoms with Gasteiger partial charge in [-0.15, -0.1) is 0 Å². The van der Waals surface area contributed by atoms with Crippen molar-refractivity contribution in [1.82, 2.24) is 19.7 Å². The minimum absolute atomic E-state index is 0.259. The van der Waals surface area contributed by atoms with Gasteiger partial charge in [0.1, 0.15) is 6.33 Å². The summed E-state index contributed by atoms with van der Waals surface area (Å²) in [4.78, 5) is 21.0. The van der Waals surface area contributed by atoms with E-state index in [0.29, 0.717) is 27.0 Å². The van der Waals surface area contributed by atoms with Gasteiger partial charge in [0.2, 0.25) is 11.8 Å². The van der Waals surface area contributed by atoms with Gasteiger partial charge in [-0.1, -0.05) is 41.9 Å². The molecule has 7 nitrogen and oxygen atoms in total. The maximum absolute atomic E-state index is 13.0. The second-order valence-corrected chi connectivity index (χ2v) is 5.85. The molecule has 0 radical (unpaired) electrons. The van der Waals surface area contributed by atoms with Crippen molar-refractivity contribution in [1.29, 1.82) is 0 Å². The normalized spacial score (nSPS) is 11.4. The molecule has 0 saturated carbocycles. The lowest BCUT2D eigenvalue weighted by Gasteiger charge is -2.14. The Labute approximate surface area is 152 Å². The highest BCUT2D eigenvalue weighted by Crippen LogP contribution is 2.29. The van der Waals surface area contributed by atoms with Crippen LogP contribution in [0, 0.1) is 0 Å². The van der Waals surface area contributed by atoms with Gasteiger partial charge in [0.25, 0.3) is 5.56 Å². The first-order valence-electron chi connectivity index (χ1n) is 7.68. The lowest BCUT2D eigenvalue weighted by atomic mass is 10.1. The van der Waals surface area contributed by atoms with Crippen molar-refractivity contribution >= 4 is 34.5 Å². The fourth-order valence-electron chi connectivity index (χ4n) is 2.73. The van der Waals surface area contributed by atoms with E-state index in [4.69, 9.17) is 11.6 Å². The van der Waals surface area contributed by atoms with Gasteiger partial charge in [-0.25, -0.2) is 14.7 Å². The maximum atomic E-state index is 13.0. The first-order chi connectivity index (χ1) is 12.7. The van der Waals surface area contributed by atoms with Gasteiger partial charge in [-0.05, 0) is 18.2 Å². The molecule has 4 aromatic rings. The highest BCUT2D eigenvalue weighted by molar-refractivity contribution is 6.32. The minimum atomic E-state index is -0.372. The van der Waals surface area contributed by atoms with Crippen molar-refractivity contribution in [2.24, 2.45) is 4.99 Å². The maximum Gasteiger partial charge on any atom is 0.265 e. The van der Waals surface area contributed by atoms with Crippen molar-refractivity contribution in [2.45, 2.75) is 0 Å². The quantitative estimate of drug-likeness (QED) is 0.545. The van der Waals surface area contributed by atoms with E-state index in [1.165, 1.54) is 17.1 Å². The summed E-state index contributed by atoms with van der Waals surface area (Å²) in [6.45, 7) is 0. The first-order valence-corrected chi connectivity index (χ1v) is 8.05. The van der Waals surface area contributed by atoms with Crippen LogP contribution in [0.5, 0.6) is 5.88 Å². The molecule has 0 spiro atoms. The highest BCUT2D eigenvalue weighted by atomic mass is 35.5. The molecule has 2 heterocycles. The molecule has 0 fully saturated rings. The van der Waals surface area contributed by atoms with Crippen LogP contribution in [0.15, 0.2) is 64.6 Å². The van der Waals surface area contributed by atoms with Gasteiger partial charge < -0.3 is 5.11 Å². The third kappa shape index (κ3) is 2.64. The van der Waals surface area contributed by atoms with Gasteiger partial charge in [-0.3, -0.25) is 4.79 Å². The zero-order chi connectivity index (χ0) is 18.1. The average Bonchev–Trinajstić information content (AvgIpc) is 3.17. The van der Waals surface area contributed by atoms with Gasteiger partial charge in [-0.2, -0.15) is 10.1 Å². The molecule has 8 heteroatoms. The summed E-state index contributed by atoms with van der Waals surface area (Å²) < 4.78 is 1.17. The Balaban J connectivity index is 2.05. The van der Waals surface area contributed by atoms with Crippen LogP contribution in [0.3, 0.4) is 0 Å². The summed E-state index contributed by atoms with van der Waals surface area (Å²) in [6.07, 6.45) is 2.76. The molecule has 2 aromatic carbocycles. The lowest BCUT2D eigenvalue weighted by Crippen LogP contribution is -2.20. The number of rotatable bonds is 3. The fraction of sp³-hybridized carbons (Fsp3) is 0. The number of pyridine rings is 1. The Kier molecular flexibility index (Phi) is 3.98. The van der Waals surface area contributed by atoms with Crippen LogP contribution < -0.4 is 5.56 Å². The van der Waals surface area contributed by atoms with Gasteiger partial charge in [0.15, 0.2) is 0 Å². The standard InChI is InChI=1S/C18H12ClN5O2/c19-14-7-3-4-8-15(14)24-16(25)12-6-2-1-5-11(12)13(17(24)26)9-20-18-21-10-22-23-18/h1-10,26H,(H,21,22,23)/b20-9+. The highest BCUT2D eigenvalue weighted by Gasteiger charge is 2.17. The molecule has 2 aromatic heterocycles.